The van der Waals surface area contributed by atoms with Gasteiger partial charge in [0.15, 0.2) is 0 Å². The van der Waals surface area contributed by atoms with Crippen LogP contribution in [0.5, 0.6) is 0 Å². The second kappa shape index (κ2) is 5.60. The predicted octanol–water partition coefficient (Wildman–Crippen LogP) is 1.17. The number of amides is 1. The Balaban J connectivity index is 1.90. The number of hydrogen-bond acceptors (Lipinski definition) is 5. The lowest BCUT2D eigenvalue weighted by Crippen LogP contribution is -2.22. The molecule has 5 nitrogen and oxygen atoms in total. The van der Waals surface area contributed by atoms with Gasteiger partial charge in [0.1, 0.15) is 11.5 Å². The number of hydrogen-bond donors (Lipinski definition) is 2. The first-order valence-corrected chi connectivity index (χ1v) is 6.12. The zero-order chi connectivity index (χ0) is 12.1. The van der Waals surface area contributed by atoms with Gasteiger partial charge in [-0.05, 0) is 18.7 Å². The van der Waals surface area contributed by atoms with Crippen LogP contribution >= 0.6 is 11.3 Å². The third kappa shape index (κ3) is 3.15. The highest BCUT2D eigenvalue weighted by Gasteiger charge is 2.10. The van der Waals surface area contributed by atoms with Crippen molar-refractivity contribution in [3.8, 4) is 0 Å². The van der Waals surface area contributed by atoms with E-state index in [1.54, 1.807) is 23.8 Å². The summed E-state index contributed by atoms with van der Waals surface area (Å²) in [6.07, 6.45) is 2.28. The minimum absolute atomic E-state index is 0.194. The first-order valence-electron chi connectivity index (χ1n) is 5.24. The predicted molar refractivity (Wildman–Crippen MR) is 64.8 cm³/mol. The summed E-state index contributed by atoms with van der Waals surface area (Å²) in [5, 5.41) is 5.36. The number of thiazole rings is 1. The molecule has 1 amide bonds. The van der Waals surface area contributed by atoms with E-state index in [2.05, 4.69) is 10.3 Å². The van der Waals surface area contributed by atoms with Crippen molar-refractivity contribution in [1.82, 2.24) is 10.3 Å². The van der Waals surface area contributed by atoms with Crippen molar-refractivity contribution < 1.29 is 9.21 Å². The Morgan fingerprint density at radius 1 is 1.59 bits per heavy atom. The fourth-order valence-electron chi connectivity index (χ4n) is 1.32. The number of furan rings is 1. The lowest BCUT2D eigenvalue weighted by atomic mass is 10.4. The average Bonchev–Trinajstić information content (AvgIpc) is 2.97. The number of carbonyl (C=O) groups is 1. The Morgan fingerprint density at radius 3 is 3.18 bits per heavy atom. The van der Waals surface area contributed by atoms with Crippen LogP contribution in [-0.2, 0) is 13.0 Å². The van der Waals surface area contributed by atoms with Crippen molar-refractivity contribution in [2.75, 3.05) is 6.54 Å². The first-order chi connectivity index (χ1) is 8.29. The fourth-order valence-corrected chi connectivity index (χ4v) is 2.12. The molecule has 17 heavy (non-hydrogen) atoms. The number of nitrogens with one attached hydrogen (secondary N) is 1. The largest absolute Gasteiger partial charge is 0.467 e. The molecule has 2 rings (SSSR count). The van der Waals surface area contributed by atoms with E-state index in [4.69, 9.17) is 10.2 Å². The number of rotatable bonds is 5. The molecule has 0 aliphatic heterocycles. The second-order valence-corrected chi connectivity index (χ2v) is 4.37. The van der Waals surface area contributed by atoms with E-state index >= 15 is 0 Å². The Bertz CT molecular complexity index is 479. The number of nitrogens with zero attached hydrogens (tertiary/aromatic N) is 1. The maximum atomic E-state index is 11.7. The van der Waals surface area contributed by atoms with Crippen molar-refractivity contribution in [3.05, 3.63) is 40.2 Å². The minimum atomic E-state index is -0.194. The lowest BCUT2D eigenvalue weighted by molar-refractivity contribution is 0.0943. The highest BCUT2D eigenvalue weighted by molar-refractivity contribution is 7.09. The van der Waals surface area contributed by atoms with E-state index in [0.29, 0.717) is 25.2 Å². The van der Waals surface area contributed by atoms with Crippen LogP contribution in [0.2, 0.25) is 0 Å². The summed E-state index contributed by atoms with van der Waals surface area (Å²) in [5.41, 5.74) is 5.86. The monoisotopic (exact) mass is 251 g/mol. The van der Waals surface area contributed by atoms with Crippen LogP contribution in [0.4, 0.5) is 0 Å². The van der Waals surface area contributed by atoms with Crippen LogP contribution < -0.4 is 11.1 Å². The smallest absolute Gasteiger partial charge is 0.271 e. The number of aromatic nitrogens is 1. The van der Waals surface area contributed by atoms with Crippen LogP contribution in [-0.4, -0.2) is 17.4 Å². The molecule has 2 aromatic rings. The van der Waals surface area contributed by atoms with Crippen LogP contribution in [0.3, 0.4) is 0 Å². The van der Waals surface area contributed by atoms with Crippen LogP contribution in [0.1, 0.15) is 21.3 Å². The van der Waals surface area contributed by atoms with E-state index < -0.39 is 0 Å². The highest BCUT2D eigenvalue weighted by Crippen LogP contribution is 2.10. The average molecular weight is 251 g/mol. The molecule has 0 aliphatic carbocycles. The van der Waals surface area contributed by atoms with Crippen molar-refractivity contribution >= 4 is 17.2 Å². The highest BCUT2D eigenvalue weighted by atomic mass is 32.1. The van der Waals surface area contributed by atoms with Crippen LogP contribution in [0, 0.1) is 0 Å². The lowest BCUT2D eigenvalue weighted by Gasteiger charge is -1.99. The molecule has 0 unspecified atom stereocenters. The third-order valence-corrected chi connectivity index (χ3v) is 3.05. The first kappa shape index (κ1) is 11.8. The van der Waals surface area contributed by atoms with E-state index in [-0.39, 0.29) is 5.91 Å². The Labute approximate surface area is 103 Å². The fraction of sp³-hybridized carbons (Fsp3) is 0.273. The van der Waals surface area contributed by atoms with Crippen molar-refractivity contribution in [1.29, 1.82) is 0 Å². The van der Waals surface area contributed by atoms with Gasteiger partial charge in [0.2, 0.25) is 0 Å². The molecule has 0 saturated heterocycles. The molecule has 0 aromatic carbocycles. The topological polar surface area (TPSA) is 81.1 Å². The molecule has 90 valence electrons. The molecule has 0 saturated carbocycles. The summed E-state index contributed by atoms with van der Waals surface area (Å²) >= 11 is 1.45. The normalized spacial score (nSPS) is 10.4. The quantitative estimate of drug-likeness (QED) is 0.835. The van der Waals surface area contributed by atoms with Gasteiger partial charge >= 0.3 is 0 Å². The number of nitrogens with two attached hydrogens (primary N) is 1. The van der Waals surface area contributed by atoms with Gasteiger partial charge in [0.25, 0.3) is 5.91 Å². The SMILES string of the molecule is NCCc1nc(C(=O)NCc2ccco2)cs1. The zero-order valence-electron chi connectivity index (χ0n) is 9.18. The molecule has 2 heterocycles. The number of carbonyl (C=O) groups excluding carboxylic acids is 1. The molecular weight excluding hydrogens is 238 g/mol. The summed E-state index contributed by atoms with van der Waals surface area (Å²) in [6, 6.07) is 3.59. The van der Waals surface area contributed by atoms with Gasteiger partial charge in [0, 0.05) is 11.8 Å². The second-order valence-electron chi connectivity index (χ2n) is 3.43. The van der Waals surface area contributed by atoms with E-state index in [1.165, 1.54) is 11.3 Å². The molecule has 0 fully saturated rings. The van der Waals surface area contributed by atoms with Gasteiger partial charge in [-0.3, -0.25) is 4.79 Å². The minimum Gasteiger partial charge on any atom is -0.467 e. The van der Waals surface area contributed by atoms with Crippen LogP contribution in [0.25, 0.3) is 0 Å². The molecule has 0 radical (unpaired) electrons. The van der Waals surface area contributed by atoms with Gasteiger partial charge in [-0.15, -0.1) is 11.3 Å². The maximum Gasteiger partial charge on any atom is 0.271 e. The molecule has 2 aromatic heterocycles. The van der Waals surface area contributed by atoms with Crippen LogP contribution in [0.15, 0.2) is 28.2 Å². The molecule has 0 aliphatic rings. The van der Waals surface area contributed by atoms with Gasteiger partial charge in [-0.25, -0.2) is 4.98 Å². The Morgan fingerprint density at radius 2 is 2.47 bits per heavy atom. The molecule has 6 heteroatoms. The summed E-state index contributed by atoms with van der Waals surface area (Å²) < 4.78 is 5.11. The molecule has 0 spiro atoms. The van der Waals surface area contributed by atoms with Gasteiger partial charge in [-0.2, -0.15) is 0 Å². The summed E-state index contributed by atoms with van der Waals surface area (Å²) in [4.78, 5) is 15.9. The van der Waals surface area contributed by atoms with Crippen molar-refractivity contribution in [2.24, 2.45) is 5.73 Å². The van der Waals surface area contributed by atoms with E-state index in [9.17, 15) is 4.79 Å². The Kier molecular flexibility index (Phi) is 3.89. The summed E-state index contributed by atoms with van der Waals surface area (Å²) in [5.74, 6) is 0.525. The van der Waals surface area contributed by atoms with Crippen molar-refractivity contribution in [2.45, 2.75) is 13.0 Å². The van der Waals surface area contributed by atoms with E-state index in [0.717, 1.165) is 10.8 Å². The molecule has 0 bridgehead atoms. The molecular formula is C11H13N3O2S. The van der Waals surface area contributed by atoms with Gasteiger partial charge < -0.3 is 15.5 Å². The zero-order valence-corrected chi connectivity index (χ0v) is 10.00. The summed E-state index contributed by atoms with van der Waals surface area (Å²) in [7, 11) is 0. The Hall–Kier alpha value is -1.66. The molecule has 3 N–H and O–H groups in total. The van der Waals surface area contributed by atoms with Gasteiger partial charge in [0.05, 0.1) is 17.8 Å². The standard InChI is InChI=1S/C11H13N3O2S/c12-4-3-10-14-9(7-17-10)11(15)13-6-8-2-1-5-16-8/h1-2,5,7H,3-4,6,12H2,(H,13,15). The maximum absolute atomic E-state index is 11.7. The third-order valence-electron chi connectivity index (χ3n) is 2.15. The molecule has 0 atom stereocenters. The van der Waals surface area contributed by atoms with Crippen molar-refractivity contribution in [3.63, 3.8) is 0 Å². The van der Waals surface area contributed by atoms with Gasteiger partial charge in [-0.1, -0.05) is 0 Å². The summed E-state index contributed by atoms with van der Waals surface area (Å²) in [6.45, 7) is 0.913. The van der Waals surface area contributed by atoms with E-state index in [1.807, 2.05) is 0 Å².